The fourth-order valence-corrected chi connectivity index (χ4v) is 12.0. The molecule has 0 N–H and O–H groups in total. The number of allylic oxidation sites excluding steroid dienone is 20. The minimum atomic E-state index is -0.00222. The average Bonchev–Trinajstić information content (AvgIpc) is 3.66. The van der Waals surface area contributed by atoms with E-state index in [9.17, 15) is 0 Å². The van der Waals surface area contributed by atoms with Gasteiger partial charge in [0.25, 0.3) is 0 Å². The van der Waals surface area contributed by atoms with Gasteiger partial charge in [0.1, 0.15) is 0 Å². The number of rotatable bonds is 2. The van der Waals surface area contributed by atoms with E-state index >= 15 is 0 Å². The summed E-state index contributed by atoms with van der Waals surface area (Å²) in [5.41, 5.74) is 17.4. The van der Waals surface area contributed by atoms with Crippen molar-refractivity contribution >= 4 is 33.1 Å². The average molecular weight is 679 g/mol. The monoisotopic (exact) mass is 678 g/mol. The van der Waals surface area contributed by atoms with Crippen LogP contribution in [0.3, 0.4) is 0 Å². The summed E-state index contributed by atoms with van der Waals surface area (Å²) in [6, 6.07) is 28.3. The quantitative estimate of drug-likeness (QED) is 0.198. The minimum absolute atomic E-state index is 0.00222. The van der Waals surface area contributed by atoms with Gasteiger partial charge in [0.05, 0.1) is 0 Å². The molecule has 0 aliphatic heterocycles. The molecule has 12 rings (SSSR count). The van der Waals surface area contributed by atoms with E-state index in [0.29, 0.717) is 47.3 Å². The maximum absolute atomic E-state index is 2.65. The fraction of sp³-hybridized carbons (Fsp3) is 0.208. The Labute approximate surface area is 313 Å². The molecular formula is C53H42. The zero-order chi connectivity index (χ0) is 35.0. The van der Waals surface area contributed by atoms with Crippen LogP contribution in [0.4, 0.5) is 0 Å². The van der Waals surface area contributed by atoms with Crippen molar-refractivity contribution in [2.45, 2.75) is 37.0 Å². The van der Waals surface area contributed by atoms with Gasteiger partial charge in [0.2, 0.25) is 0 Å². The second-order valence-electron chi connectivity index (χ2n) is 17.1. The van der Waals surface area contributed by atoms with E-state index < -0.39 is 0 Å². The Morgan fingerprint density at radius 3 is 2.02 bits per heavy atom. The highest BCUT2D eigenvalue weighted by Crippen LogP contribution is 2.59. The Morgan fingerprint density at radius 2 is 1.19 bits per heavy atom. The molecule has 0 fully saturated rings. The topological polar surface area (TPSA) is 0 Å². The molecule has 0 bridgehead atoms. The van der Waals surface area contributed by atoms with Gasteiger partial charge in [-0.15, -0.1) is 0 Å². The van der Waals surface area contributed by atoms with Crippen molar-refractivity contribution in [2.75, 3.05) is 0 Å². The van der Waals surface area contributed by atoms with Crippen LogP contribution in [0, 0.1) is 29.6 Å². The third-order valence-corrected chi connectivity index (χ3v) is 14.4. The largest absolute Gasteiger partial charge is 0.0799 e. The maximum Gasteiger partial charge on any atom is 0.0205 e. The Bertz CT molecular complexity index is 2630. The highest BCUT2D eigenvalue weighted by Gasteiger charge is 2.47. The van der Waals surface area contributed by atoms with E-state index in [-0.39, 0.29) is 5.41 Å². The molecule has 254 valence electrons. The molecular weight excluding hydrogens is 637 g/mol. The number of hydrogen-bond donors (Lipinski definition) is 0. The van der Waals surface area contributed by atoms with Crippen molar-refractivity contribution in [3.8, 4) is 0 Å². The lowest BCUT2D eigenvalue weighted by Crippen LogP contribution is -2.31. The van der Waals surface area contributed by atoms with Gasteiger partial charge >= 0.3 is 0 Å². The summed E-state index contributed by atoms with van der Waals surface area (Å²) in [4.78, 5) is 0. The maximum atomic E-state index is 2.65. The van der Waals surface area contributed by atoms with E-state index in [2.05, 4.69) is 184 Å². The summed E-state index contributed by atoms with van der Waals surface area (Å²) in [5, 5.41) is 2.80. The normalized spacial score (nSPS) is 31.0. The van der Waals surface area contributed by atoms with Crippen LogP contribution in [-0.4, -0.2) is 0 Å². The van der Waals surface area contributed by atoms with Gasteiger partial charge in [0, 0.05) is 29.6 Å². The van der Waals surface area contributed by atoms with Gasteiger partial charge in [-0.25, -0.2) is 0 Å². The van der Waals surface area contributed by atoms with Crippen LogP contribution in [0.15, 0.2) is 170 Å². The first-order chi connectivity index (χ1) is 26.1. The third-order valence-electron chi connectivity index (χ3n) is 14.4. The number of hydrogen-bond acceptors (Lipinski definition) is 0. The molecule has 0 saturated heterocycles. The molecule has 4 aromatic carbocycles. The summed E-state index contributed by atoms with van der Waals surface area (Å²) in [5.74, 6) is 3.33. The standard InChI is InChI=1S/C53H42/c1-53(2)49-28-31(33-26-27-46-37-15-5-4-14-36(37)45-21-11-20-42(33)51(45)46)22-24-40(49)41-25-23-32(29-50(41)53)47-30-48-38-16-6-3-12-34(38)35-13-7-9-18-43(35)52(48)44-19-10-8-17-39(44)47/h3-30,34-35,38,41-43,50-51H,1-2H3. The van der Waals surface area contributed by atoms with Crippen molar-refractivity contribution in [3.05, 3.63) is 215 Å². The summed E-state index contributed by atoms with van der Waals surface area (Å²) in [6.07, 6.45) is 38.5. The van der Waals surface area contributed by atoms with Crippen LogP contribution >= 0.6 is 0 Å². The van der Waals surface area contributed by atoms with Crippen LogP contribution in [0.5, 0.6) is 0 Å². The molecule has 0 aromatic heterocycles. The Hall–Kier alpha value is -5.46. The highest BCUT2D eigenvalue weighted by atomic mass is 14.5. The summed E-state index contributed by atoms with van der Waals surface area (Å²) < 4.78 is 0. The van der Waals surface area contributed by atoms with Crippen LogP contribution < -0.4 is 0 Å². The molecule has 8 atom stereocenters. The zero-order valence-corrected chi connectivity index (χ0v) is 30.3. The summed E-state index contributed by atoms with van der Waals surface area (Å²) in [7, 11) is 0. The van der Waals surface area contributed by atoms with Gasteiger partial charge in [-0.05, 0) is 107 Å². The molecule has 0 heteroatoms. The molecule has 8 unspecified atom stereocenters. The van der Waals surface area contributed by atoms with E-state index in [4.69, 9.17) is 0 Å². The molecule has 0 nitrogen and oxygen atoms in total. The van der Waals surface area contributed by atoms with E-state index in [1.54, 1.807) is 0 Å². The molecule has 8 aliphatic rings. The number of benzene rings is 4. The first-order valence-electron chi connectivity index (χ1n) is 19.8. The second kappa shape index (κ2) is 10.8. The van der Waals surface area contributed by atoms with Crippen molar-refractivity contribution < 1.29 is 0 Å². The van der Waals surface area contributed by atoms with Crippen LogP contribution in [-0.2, 0) is 5.41 Å². The van der Waals surface area contributed by atoms with E-state index in [1.807, 2.05) is 0 Å². The third kappa shape index (κ3) is 4.02. The van der Waals surface area contributed by atoms with Crippen LogP contribution in [0.2, 0.25) is 0 Å². The highest BCUT2D eigenvalue weighted by molar-refractivity contribution is 6.01. The smallest absolute Gasteiger partial charge is 0.0205 e. The minimum Gasteiger partial charge on any atom is -0.0799 e. The molecule has 4 aromatic rings. The molecule has 0 amide bonds. The van der Waals surface area contributed by atoms with Gasteiger partial charge in [0.15, 0.2) is 0 Å². The SMILES string of the molecule is CC1(C)c2cc(C3=CC=C4c5ccccc5C5=CC=CC3C54)ccc2C2C=CC(c3cc4c(c5ccccc35)C3C=CC=CC3C3C=CC=CC43)=CC21. The van der Waals surface area contributed by atoms with Crippen molar-refractivity contribution in [1.29, 1.82) is 0 Å². The summed E-state index contributed by atoms with van der Waals surface area (Å²) in [6.45, 7) is 4.99. The Balaban J connectivity index is 0.947. The van der Waals surface area contributed by atoms with E-state index in [0.717, 1.165) is 0 Å². The molecule has 53 heavy (non-hydrogen) atoms. The lowest BCUT2D eigenvalue weighted by Gasteiger charge is -2.43. The second-order valence-corrected chi connectivity index (χ2v) is 17.1. The Kier molecular flexibility index (Phi) is 6.12. The predicted molar refractivity (Wildman–Crippen MR) is 222 cm³/mol. The fourth-order valence-electron chi connectivity index (χ4n) is 12.0. The molecule has 0 saturated carbocycles. The Morgan fingerprint density at radius 1 is 0.509 bits per heavy atom. The first kappa shape index (κ1) is 30.0. The van der Waals surface area contributed by atoms with E-state index in [1.165, 1.54) is 77.6 Å². The first-order valence-corrected chi connectivity index (χ1v) is 19.8. The summed E-state index contributed by atoms with van der Waals surface area (Å²) >= 11 is 0. The molecule has 0 spiro atoms. The predicted octanol–water partition coefficient (Wildman–Crippen LogP) is 12.8. The van der Waals surface area contributed by atoms with Crippen LogP contribution in [0.1, 0.15) is 76.1 Å². The lowest BCUT2D eigenvalue weighted by atomic mass is 9.60. The van der Waals surface area contributed by atoms with Gasteiger partial charge in [-0.1, -0.05) is 178 Å². The molecule has 0 radical (unpaired) electrons. The molecule has 8 aliphatic carbocycles. The van der Waals surface area contributed by atoms with Gasteiger partial charge in [-0.3, -0.25) is 0 Å². The van der Waals surface area contributed by atoms with Crippen molar-refractivity contribution in [1.82, 2.24) is 0 Å². The van der Waals surface area contributed by atoms with Gasteiger partial charge in [-0.2, -0.15) is 0 Å². The van der Waals surface area contributed by atoms with Gasteiger partial charge < -0.3 is 0 Å². The van der Waals surface area contributed by atoms with Crippen LogP contribution in [0.25, 0.3) is 33.1 Å². The zero-order valence-electron chi connectivity index (χ0n) is 30.3. The van der Waals surface area contributed by atoms with Crippen molar-refractivity contribution in [2.24, 2.45) is 29.6 Å². The molecule has 0 heterocycles. The number of fused-ring (bicyclic) bond motifs is 14. The lowest BCUT2D eigenvalue weighted by molar-refractivity contribution is 0.372. The van der Waals surface area contributed by atoms with Crippen molar-refractivity contribution in [3.63, 3.8) is 0 Å².